The molecule has 0 bridgehead atoms. The van der Waals surface area contributed by atoms with Gasteiger partial charge < -0.3 is 9.51 Å². The molecule has 100 valence electrons. The van der Waals surface area contributed by atoms with Gasteiger partial charge in [0, 0.05) is 30.2 Å². The number of hydrogen-bond donors (Lipinski definition) is 1. The van der Waals surface area contributed by atoms with Crippen LogP contribution in [0.4, 0.5) is 0 Å². The van der Waals surface area contributed by atoms with Crippen molar-refractivity contribution in [3.8, 4) is 0 Å². The quantitative estimate of drug-likeness (QED) is 0.774. The SMILES string of the molecule is OC(c1cn2ccccc2n1)C1CCc2cccnc21. The topological polar surface area (TPSA) is 50.4 Å². The van der Waals surface area contributed by atoms with Crippen molar-refractivity contribution in [3.05, 3.63) is 65.9 Å². The zero-order valence-electron chi connectivity index (χ0n) is 11.0. The molecule has 3 heterocycles. The molecule has 0 amide bonds. The van der Waals surface area contributed by atoms with Gasteiger partial charge in [0.2, 0.25) is 0 Å². The van der Waals surface area contributed by atoms with Crippen molar-refractivity contribution in [2.45, 2.75) is 24.9 Å². The van der Waals surface area contributed by atoms with E-state index in [4.69, 9.17) is 0 Å². The van der Waals surface area contributed by atoms with Gasteiger partial charge in [-0.2, -0.15) is 0 Å². The van der Waals surface area contributed by atoms with Crippen molar-refractivity contribution < 1.29 is 5.11 Å². The van der Waals surface area contributed by atoms with Crippen molar-refractivity contribution >= 4 is 5.65 Å². The number of fused-ring (bicyclic) bond motifs is 2. The van der Waals surface area contributed by atoms with Crippen LogP contribution >= 0.6 is 0 Å². The van der Waals surface area contributed by atoms with E-state index in [-0.39, 0.29) is 5.92 Å². The Balaban J connectivity index is 1.72. The standard InChI is InChI=1S/C16H15N3O/c20-16(12-7-6-11-4-3-8-17-15(11)12)13-10-19-9-2-1-5-14(19)18-13/h1-5,8-10,12,16,20H,6-7H2. The van der Waals surface area contributed by atoms with Gasteiger partial charge in [-0.3, -0.25) is 4.98 Å². The molecule has 0 saturated carbocycles. The van der Waals surface area contributed by atoms with Crippen LogP contribution in [0.5, 0.6) is 0 Å². The molecule has 4 rings (SSSR count). The molecule has 0 spiro atoms. The molecule has 0 saturated heterocycles. The summed E-state index contributed by atoms with van der Waals surface area (Å²) >= 11 is 0. The van der Waals surface area contributed by atoms with Crippen LogP contribution in [0.1, 0.15) is 35.4 Å². The highest BCUT2D eigenvalue weighted by molar-refractivity contribution is 5.41. The molecule has 0 aliphatic heterocycles. The minimum atomic E-state index is -0.592. The van der Waals surface area contributed by atoms with E-state index in [2.05, 4.69) is 16.0 Å². The fourth-order valence-corrected chi connectivity index (χ4v) is 3.05. The van der Waals surface area contributed by atoms with E-state index in [1.54, 1.807) is 6.20 Å². The van der Waals surface area contributed by atoms with Crippen LogP contribution in [0.25, 0.3) is 5.65 Å². The number of nitrogens with zero attached hydrogens (tertiary/aromatic N) is 3. The fourth-order valence-electron chi connectivity index (χ4n) is 3.05. The van der Waals surface area contributed by atoms with Gasteiger partial charge >= 0.3 is 0 Å². The number of imidazole rings is 1. The fraction of sp³-hybridized carbons (Fsp3) is 0.250. The number of hydrogen-bond acceptors (Lipinski definition) is 3. The smallest absolute Gasteiger partial charge is 0.137 e. The molecule has 1 aliphatic carbocycles. The van der Waals surface area contributed by atoms with Crippen molar-refractivity contribution in [1.82, 2.24) is 14.4 Å². The molecular formula is C16H15N3O. The highest BCUT2D eigenvalue weighted by Crippen LogP contribution is 2.39. The third kappa shape index (κ3) is 1.72. The van der Waals surface area contributed by atoms with E-state index in [0.29, 0.717) is 0 Å². The normalized spacial score (nSPS) is 19.1. The van der Waals surface area contributed by atoms with Crippen LogP contribution in [0.2, 0.25) is 0 Å². The summed E-state index contributed by atoms with van der Waals surface area (Å²) in [6, 6.07) is 9.90. The Kier molecular flexibility index (Phi) is 2.57. The zero-order valence-corrected chi connectivity index (χ0v) is 11.0. The summed E-state index contributed by atoms with van der Waals surface area (Å²) in [7, 11) is 0. The van der Waals surface area contributed by atoms with Crippen LogP contribution in [0, 0.1) is 0 Å². The Bertz CT molecular complexity index is 732. The average Bonchev–Trinajstić information content (AvgIpc) is 3.10. The van der Waals surface area contributed by atoms with Crippen LogP contribution < -0.4 is 0 Å². The third-order valence-electron chi connectivity index (χ3n) is 4.07. The molecule has 0 radical (unpaired) electrons. The molecule has 20 heavy (non-hydrogen) atoms. The Morgan fingerprint density at radius 3 is 3.10 bits per heavy atom. The maximum Gasteiger partial charge on any atom is 0.137 e. The van der Waals surface area contributed by atoms with Gasteiger partial charge in [-0.1, -0.05) is 12.1 Å². The molecular weight excluding hydrogens is 250 g/mol. The van der Waals surface area contributed by atoms with E-state index in [1.807, 2.05) is 41.1 Å². The predicted octanol–water partition coefficient (Wildman–Crippen LogP) is 2.49. The predicted molar refractivity (Wildman–Crippen MR) is 75.5 cm³/mol. The number of aromatic nitrogens is 3. The first-order chi connectivity index (χ1) is 9.83. The second kappa shape index (κ2) is 4.42. The monoisotopic (exact) mass is 265 g/mol. The summed E-state index contributed by atoms with van der Waals surface area (Å²) in [5.41, 5.74) is 3.86. The number of aliphatic hydroxyl groups excluding tert-OH is 1. The van der Waals surface area contributed by atoms with Gasteiger partial charge in [-0.15, -0.1) is 0 Å². The number of rotatable bonds is 2. The van der Waals surface area contributed by atoms with E-state index >= 15 is 0 Å². The molecule has 4 heteroatoms. The lowest BCUT2D eigenvalue weighted by atomic mass is 9.97. The first-order valence-electron chi connectivity index (χ1n) is 6.88. The van der Waals surface area contributed by atoms with Gasteiger partial charge in [0.1, 0.15) is 11.8 Å². The van der Waals surface area contributed by atoms with Crippen LogP contribution in [-0.2, 0) is 6.42 Å². The lowest BCUT2D eigenvalue weighted by molar-refractivity contribution is 0.139. The summed E-state index contributed by atoms with van der Waals surface area (Å²) in [6.07, 6.45) is 6.97. The summed E-state index contributed by atoms with van der Waals surface area (Å²) < 4.78 is 1.94. The van der Waals surface area contributed by atoms with E-state index in [1.165, 1.54) is 5.56 Å². The Hall–Kier alpha value is -2.20. The second-order valence-corrected chi connectivity index (χ2v) is 5.27. The number of aliphatic hydroxyl groups is 1. The molecule has 0 aromatic carbocycles. The van der Waals surface area contributed by atoms with Crippen molar-refractivity contribution in [2.75, 3.05) is 0 Å². The highest BCUT2D eigenvalue weighted by atomic mass is 16.3. The third-order valence-corrected chi connectivity index (χ3v) is 4.07. The first-order valence-corrected chi connectivity index (χ1v) is 6.88. The summed E-state index contributed by atoms with van der Waals surface area (Å²) in [5, 5.41) is 10.7. The lowest BCUT2D eigenvalue weighted by Gasteiger charge is -2.16. The first kappa shape index (κ1) is 11.6. The van der Waals surface area contributed by atoms with Gasteiger partial charge in [0.15, 0.2) is 0 Å². The van der Waals surface area contributed by atoms with Gasteiger partial charge in [0.25, 0.3) is 0 Å². The Morgan fingerprint density at radius 1 is 1.25 bits per heavy atom. The molecule has 3 aromatic heterocycles. The van der Waals surface area contributed by atoms with Crippen molar-refractivity contribution in [3.63, 3.8) is 0 Å². The number of aryl methyl sites for hydroxylation is 1. The molecule has 2 atom stereocenters. The molecule has 0 fully saturated rings. The van der Waals surface area contributed by atoms with Crippen LogP contribution in [0.3, 0.4) is 0 Å². The largest absolute Gasteiger partial charge is 0.386 e. The van der Waals surface area contributed by atoms with Gasteiger partial charge in [-0.25, -0.2) is 4.98 Å². The van der Waals surface area contributed by atoms with E-state index < -0.39 is 6.10 Å². The van der Waals surface area contributed by atoms with Crippen molar-refractivity contribution in [1.29, 1.82) is 0 Å². The van der Waals surface area contributed by atoms with E-state index in [0.717, 1.165) is 29.9 Å². The van der Waals surface area contributed by atoms with E-state index in [9.17, 15) is 5.11 Å². The number of pyridine rings is 2. The van der Waals surface area contributed by atoms with Crippen LogP contribution in [0.15, 0.2) is 48.9 Å². The maximum atomic E-state index is 10.7. The highest BCUT2D eigenvalue weighted by Gasteiger charge is 2.31. The summed E-state index contributed by atoms with van der Waals surface area (Å²) in [4.78, 5) is 8.96. The molecule has 4 nitrogen and oxygen atoms in total. The minimum Gasteiger partial charge on any atom is -0.386 e. The van der Waals surface area contributed by atoms with Gasteiger partial charge in [0.05, 0.1) is 5.69 Å². The molecule has 3 aromatic rings. The molecule has 1 N–H and O–H groups in total. The average molecular weight is 265 g/mol. The second-order valence-electron chi connectivity index (χ2n) is 5.27. The minimum absolute atomic E-state index is 0.0520. The molecule has 2 unspecified atom stereocenters. The Labute approximate surface area is 116 Å². The van der Waals surface area contributed by atoms with Crippen LogP contribution in [-0.4, -0.2) is 19.5 Å². The summed E-state index contributed by atoms with van der Waals surface area (Å²) in [5.74, 6) is 0.0520. The summed E-state index contributed by atoms with van der Waals surface area (Å²) in [6.45, 7) is 0. The zero-order chi connectivity index (χ0) is 13.5. The van der Waals surface area contributed by atoms with Gasteiger partial charge in [-0.05, 0) is 36.6 Å². The maximum absolute atomic E-state index is 10.7. The lowest BCUT2D eigenvalue weighted by Crippen LogP contribution is -2.09. The molecule has 1 aliphatic rings. The van der Waals surface area contributed by atoms with Crippen molar-refractivity contribution in [2.24, 2.45) is 0 Å². The Morgan fingerprint density at radius 2 is 2.20 bits per heavy atom.